The zero-order valence-corrected chi connectivity index (χ0v) is 10.3. The van der Waals surface area contributed by atoms with E-state index in [9.17, 15) is 18.0 Å². The van der Waals surface area contributed by atoms with Crippen molar-refractivity contribution in [2.75, 3.05) is 5.32 Å². The predicted molar refractivity (Wildman–Crippen MR) is 62.9 cm³/mol. The van der Waals surface area contributed by atoms with Crippen LogP contribution in [-0.4, -0.2) is 25.9 Å². The molecule has 0 spiro atoms. The molecule has 2 aromatic rings. The van der Waals surface area contributed by atoms with Crippen LogP contribution in [0, 0.1) is 0 Å². The molecule has 0 aliphatic carbocycles. The van der Waals surface area contributed by atoms with Gasteiger partial charge in [0.05, 0.1) is 29.8 Å². The SMILES string of the molecule is CCn1ncc(C(=O)Nc2ccnnc2)c1C(F)(F)F. The van der Waals surface area contributed by atoms with Gasteiger partial charge in [-0.25, -0.2) is 0 Å². The maximum atomic E-state index is 13.0. The lowest BCUT2D eigenvalue weighted by Crippen LogP contribution is -2.21. The fourth-order valence-corrected chi connectivity index (χ4v) is 1.65. The van der Waals surface area contributed by atoms with Crippen LogP contribution in [0.2, 0.25) is 0 Å². The van der Waals surface area contributed by atoms with E-state index >= 15 is 0 Å². The van der Waals surface area contributed by atoms with E-state index in [-0.39, 0.29) is 12.2 Å². The first kappa shape index (κ1) is 14.0. The highest BCUT2D eigenvalue weighted by Gasteiger charge is 2.39. The number of anilines is 1. The number of carbonyl (C=O) groups excluding carboxylic acids is 1. The Morgan fingerprint density at radius 1 is 1.35 bits per heavy atom. The van der Waals surface area contributed by atoms with E-state index in [1.54, 1.807) is 0 Å². The molecule has 0 unspecified atom stereocenters. The summed E-state index contributed by atoms with van der Waals surface area (Å²) in [5.74, 6) is -0.898. The second-order valence-corrected chi connectivity index (χ2v) is 3.81. The van der Waals surface area contributed by atoms with Gasteiger partial charge in [0.25, 0.3) is 5.91 Å². The Bertz CT molecular complexity index is 608. The fourth-order valence-electron chi connectivity index (χ4n) is 1.65. The van der Waals surface area contributed by atoms with Crippen LogP contribution < -0.4 is 5.32 Å². The van der Waals surface area contributed by atoms with E-state index < -0.39 is 23.3 Å². The monoisotopic (exact) mass is 285 g/mol. The topological polar surface area (TPSA) is 72.7 Å². The minimum atomic E-state index is -4.66. The Morgan fingerprint density at radius 3 is 2.65 bits per heavy atom. The lowest BCUT2D eigenvalue weighted by molar-refractivity contribution is -0.144. The molecule has 2 rings (SSSR count). The molecule has 9 heteroatoms. The van der Waals surface area contributed by atoms with Crippen molar-refractivity contribution >= 4 is 11.6 Å². The molecule has 20 heavy (non-hydrogen) atoms. The lowest BCUT2D eigenvalue weighted by atomic mass is 10.2. The van der Waals surface area contributed by atoms with Crippen molar-refractivity contribution in [1.82, 2.24) is 20.0 Å². The van der Waals surface area contributed by atoms with Crippen LogP contribution in [0.1, 0.15) is 23.0 Å². The number of carbonyl (C=O) groups is 1. The summed E-state index contributed by atoms with van der Waals surface area (Å²) in [6.07, 6.45) is -1.21. The molecule has 0 saturated carbocycles. The van der Waals surface area contributed by atoms with Crippen molar-refractivity contribution in [2.45, 2.75) is 19.6 Å². The number of nitrogens with one attached hydrogen (secondary N) is 1. The third-order valence-corrected chi connectivity index (χ3v) is 2.49. The zero-order valence-electron chi connectivity index (χ0n) is 10.3. The largest absolute Gasteiger partial charge is 0.433 e. The van der Waals surface area contributed by atoms with E-state index in [1.165, 1.54) is 25.4 Å². The molecule has 0 aliphatic heterocycles. The summed E-state index contributed by atoms with van der Waals surface area (Å²) in [6, 6.07) is 1.42. The molecule has 2 aromatic heterocycles. The third-order valence-electron chi connectivity index (χ3n) is 2.49. The van der Waals surface area contributed by atoms with E-state index in [2.05, 4.69) is 20.6 Å². The van der Waals surface area contributed by atoms with E-state index in [0.29, 0.717) is 0 Å². The number of aryl methyl sites for hydroxylation is 1. The summed E-state index contributed by atoms with van der Waals surface area (Å²) in [7, 11) is 0. The van der Waals surface area contributed by atoms with Gasteiger partial charge in [0, 0.05) is 6.54 Å². The van der Waals surface area contributed by atoms with Gasteiger partial charge in [0.2, 0.25) is 0 Å². The maximum absolute atomic E-state index is 13.0. The Morgan fingerprint density at radius 2 is 2.10 bits per heavy atom. The Hall–Kier alpha value is -2.45. The molecule has 0 saturated heterocycles. The number of amides is 1. The van der Waals surface area contributed by atoms with Crippen LogP contribution in [-0.2, 0) is 12.7 Å². The predicted octanol–water partition coefficient (Wildman–Crippen LogP) is 1.96. The van der Waals surface area contributed by atoms with Crippen molar-refractivity contribution in [3.8, 4) is 0 Å². The lowest BCUT2D eigenvalue weighted by Gasteiger charge is -2.11. The normalized spacial score (nSPS) is 11.4. The van der Waals surface area contributed by atoms with Gasteiger partial charge in [0.1, 0.15) is 0 Å². The molecular weight excluding hydrogens is 275 g/mol. The summed E-state index contributed by atoms with van der Waals surface area (Å²) in [6.45, 7) is 1.52. The van der Waals surface area contributed by atoms with Crippen LogP contribution in [0.15, 0.2) is 24.7 Å². The summed E-state index contributed by atoms with van der Waals surface area (Å²) < 4.78 is 39.6. The first-order valence-electron chi connectivity index (χ1n) is 5.64. The second-order valence-electron chi connectivity index (χ2n) is 3.81. The van der Waals surface area contributed by atoms with Gasteiger partial charge in [-0.1, -0.05) is 0 Å². The quantitative estimate of drug-likeness (QED) is 0.935. The Kier molecular flexibility index (Phi) is 3.68. The number of rotatable bonds is 3. The summed E-state index contributed by atoms with van der Waals surface area (Å²) in [5, 5.41) is 12.9. The summed E-state index contributed by atoms with van der Waals surface area (Å²) in [5.41, 5.74) is -1.35. The number of alkyl halides is 3. The van der Waals surface area contributed by atoms with Crippen LogP contribution in [0.4, 0.5) is 18.9 Å². The molecule has 2 heterocycles. The minimum absolute atomic E-state index is 0.0128. The van der Waals surface area contributed by atoms with E-state index in [0.717, 1.165) is 10.9 Å². The average Bonchev–Trinajstić information content (AvgIpc) is 2.83. The second kappa shape index (κ2) is 5.27. The fraction of sp³-hybridized carbons (Fsp3) is 0.273. The Balaban J connectivity index is 2.33. The molecule has 0 atom stereocenters. The molecule has 106 valence electrons. The smallest absolute Gasteiger partial charge is 0.320 e. The maximum Gasteiger partial charge on any atom is 0.433 e. The highest BCUT2D eigenvalue weighted by atomic mass is 19.4. The highest BCUT2D eigenvalue weighted by molar-refractivity contribution is 6.04. The van der Waals surface area contributed by atoms with Crippen LogP contribution >= 0.6 is 0 Å². The molecule has 6 nitrogen and oxygen atoms in total. The van der Waals surface area contributed by atoms with Crippen molar-refractivity contribution in [1.29, 1.82) is 0 Å². The van der Waals surface area contributed by atoms with Crippen LogP contribution in [0.5, 0.6) is 0 Å². The van der Waals surface area contributed by atoms with Gasteiger partial charge in [0.15, 0.2) is 5.69 Å². The van der Waals surface area contributed by atoms with Crippen molar-refractivity contribution < 1.29 is 18.0 Å². The number of aromatic nitrogens is 4. The minimum Gasteiger partial charge on any atom is -0.320 e. The molecular formula is C11H10F3N5O. The van der Waals surface area contributed by atoms with Gasteiger partial charge in [-0.15, -0.1) is 0 Å². The van der Waals surface area contributed by atoms with Gasteiger partial charge in [-0.3, -0.25) is 9.48 Å². The van der Waals surface area contributed by atoms with Crippen molar-refractivity contribution in [3.05, 3.63) is 35.9 Å². The van der Waals surface area contributed by atoms with Gasteiger partial charge in [-0.05, 0) is 13.0 Å². The standard InChI is InChI=1S/C11H10F3N5O/c1-2-19-9(11(12,13)14)8(6-17-19)10(20)18-7-3-4-15-16-5-7/h3-6H,2H2,1H3,(H,15,18,20). The zero-order chi connectivity index (χ0) is 14.8. The number of nitrogens with zero attached hydrogens (tertiary/aromatic N) is 4. The third kappa shape index (κ3) is 2.76. The van der Waals surface area contributed by atoms with Crippen LogP contribution in [0.3, 0.4) is 0 Å². The van der Waals surface area contributed by atoms with Gasteiger partial charge >= 0.3 is 6.18 Å². The molecule has 1 amide bonds. The highest BCUT2D eigenvalue weighted by Crippen LogP contribution is 2.32. The van der Waals surface area contributed by atoms with E-state index in [4.69, 9.17) is 0 Å². The van der Waals surface area contributed by atoms with Crippen molar-refractivity contribution in [3.63, 3.8) is 0 Å². The van der Waals surface area contributed by atoms with Crippen LogP contribution in [0.25, 0.3) is 0 Å². The molecule has 1 N–H and O–H groups in total. The number of hydrogen-bond donors (Lipinski definition) is 1. The first-order chi connectivity index (χ1) is 9.43. The van der Waals surface area contributed by atoms with Gasteiger partial charge < -0.3 is 5.32 Å². The molecule has 0 radical (unpaired) electrons. The molecule has 0 aliphatic rings. The molecule has 0 fully saturated rings. The van der Waals surface area contributed by atoms with Crippen molar-refractivity contribution in [2.24, 2.45) is 0 Å². The number of halogens is 3. The van der Waals surface area contributed by atoms with E-state index in [1.807, 2.05) is 0 Å². The molecule has 0 aromatic carbocycles. The summed E-state index contributed by atoms with van der Waals surface area (Å²) in [4.78, 5) is 11.9. The Labute approximate surface area is 111 Å². The van der Waals surface area contributed by atoms with Gasteiger partial charge in [-0.2, -0.15) is 28.5 Å². The first-order valence-corrected chi connectivity index (χ1v) is 5.64. The average molecular weight is 285 g/mol. The number of hydrogen-bond acceptors (Lipinski definition) is 4. The molecule has 0 bridgehead atoms. The summed E-state index contributed by atoms with van der Waals surface area (Å²) >= 11 is 0.